The van der Waals surface area contributed by atoms with Gasteiger partial charge in [0.1, 0.15) is 0 Å². The standard InChI is InChI=1S/C16H18BrN3/c17-14-6-4-13(5-7-14)16(15-3-1-2-8-19-15)20-11-9-18-10-12-20/h1-8,16,18H,9-12H2. The summed E-state index contributed by atoms with van der Waals surface area (Å²) in [4.78, 5) is 7.08. The van der Waals surface area contributed by atoms with Crippen LogP contribution < -0.4 is 5.32 Å². The van der Waals surface area contributed by atoms with E-state index in [2.05, 4.69) is 67.5 Å². The largest absolute Gasteiger partial charge is 0.314 e. The molecule has 3 rings (SSSR count). The molecular weight excluding hydrogens is 314 g/mol. The van der Waals surface area contributed by atoms with Crippen LogP contribution in [-0.2, 0) is 0 Å². The molecule has 3 nitrogen and oxygen atoms in total. The van der Waals surface area contributed by atoms with E-state index in [1.54, 1.807) is 0 Å². The van der Waals surface area contributed by atoms with Gasteiger partial charge in [0, 0.05) is 36.8 Å². The molecule has 1 aliphatic heterocycles. The van der Waals surface area contributed by atoms with E-state index in [1.807, 2.05) is 12.3 Å². The number of rotatable bonds is 3. The summed E-state index contributed by atoms with van der Waals surface area (Å²) in [6.45, 7) is 4.19. The second kappa shape index (κ2) is 6.48. The molecule has 20 heavy (non-hydrogen) atoms. The molecule has 1 fully saturated rings. The van der Waals surface area contributed by atoms with E-state index >= 15 is 0 Å². The lowest BCUT2D eigenvalue weighted by Gasteiger charge is -2.35. The number of hydrogen-bond acceptors (Lipinski definition) is 3. The SMILES string of the molecule is Brc1ccc(C(c2ccccn2)N2CCNCC2)cc1. The molecule has 2 heterocycles. The van der Waals surface area contributed by atoms with E-state index in [-0.39, 0.29) is 6.04 Å². The molecular formula is C16H18BrN3. The Bertz CT molecular complexity index is 535. The lowest BCUT2D eigenvalue weighted by Crippen LogP contribution is -2.45. The van der Waals surface area contributed by atoms with Gasteiger partial charge < -0.3 is 5.32 Å². The minimum atomic E-state index is 0.242. The number of aromatic nitrogens is 1. The lowest BCUT2D eigenvalue weighted by molar-refractivity contribution is 0.195. The van der Waals surface area contributed by atoms with Gasteiger partial charge in [-0.1, -0.05) is 34.1 Å². The first kappa shape index (κ1) is 13.7. The highest BCUT2D eigenvalue weighted by atomic mass is 79.9. The topological polar surface area (TPSA) is 28.2 Å². The third-order valence-electron chi connectivity index (χ3n) is 3.67. The second-order valence-electron chi connectivity index (χ2n) is 4.99. The minimum absolute atomic E-state index is 0.242. The van der Waals surface area contributed by atoms with Crippen LogP contribution in [0.4, 0.5) is 0 Å². The zero-order chi connectivity index (χ0) is 13.8. The van der Waals surface area contributed by atoms with Crippen molar-refractivity contribution in [3.05, 3.63) is 64.4 Å². The average molecular weight is 332 g/mol. The smallest absolute Gasteiger partial charge is 0.0777 e. The normalized spacial score (nSPS) is 17.9. The maximum atomic E-state index is 4.58. The summed E-state index contributed by atoms with van der Waals surface area (Å²) in [5.41, 5.74) is 2.42. The summed E-state index contributed by atoms with van der Waals surface area (Å²) in [6.07, 6.45) is 1.88. The first-order valence-electron chi connectivity index (χ1n) is 6.96. The quantitative estimate of drug-likeness (QED) is 0.937. The summed E-state index contributed by atoms with van der Waals surface area (Å²) in [6, 6.07) is 15.0. The van der Waals surface area contributed by atoms with Crippen molar-refractivity contribution < 1.29 is 0 Å². The minimum Gasteiger partial charge on any atom is -0.314 e. The molecule has 1 N–H and O–H groups in total. The molecule has 1 atom stereocenters. The monoisotopic (exact) mass is 331 g/mol. The van der Waals surface area contributed by atoms with E-state index in [0.717, 1.165) is 36.3 Å². The molecule has 2 aromatic rings. The number of halogens is 1. The first-order chi connectivity index (χ1) is 9.84. The van der Waals surface area contributed by atoms with E-state index in [1.165, 1.54) is 5.56 Å². The van der Waals surface area contributed by atoms with Gasteiger partial charge in [-0.25, -0.2) is 0 Å². The molecule has 104 valence electrons. The number of nitrogens with zero attached hydrogens (tertiary/aromatic N) is 2. The zero-order valence-corrected chi connectivity index (χ0v) is 12.9. The molecule has 0 spiro atoms. The number of piperazine rings is 1. The van der Waals surface area contributed by atoms with Crippen molar-refractivity contribution in [1.82, 2.24) is 15.2 Å². The third kappa shape index (κ3) is 3.08. The molecule has 1 aromatic heterocycles. The molecule has 0 saturated carbocycles. The van der Waals surface area contributed by atoms with Gasteiger partial charge >= 0.3 is 0 Å². The number of hydrogen-bond donors (Lipinski definition) is 1. The van der Waals surface area contributed by atoms with Crippen molar-refractivity contribution in [3.8, 4) is 0 Å². The van der Waals surface area contributed by atoms with Gasteiger partial charge in [-0.2, -0.15) is 0 Å². The Kier molecular flexibility index (Phi) is 4.45. The van der Waals surface area contributed by atoms with E-state index < -0.39 is 0 Å². The highest BCUT2D eigenvalue weighted by molar-refractivity contribution is 9.10. The van der Waals surface area contributed by atoms with Crippen molar-refractivity contribution in [2.45, 2.75) is 6.04 Å². The number of pyridine rings is 1. The number of benzene rings is 1. The molecule has 1 aliphatic rings. The molecule has 1 aromatic carbocycles. The van der Waals surface area contributed by atoms with Crippen molar-refractivity contribution in [3.63, 3.8) is 0 Å². The second-order valence-corrected chi connectivity index (χ2v) is 5.91. The molecule has 0 aliphatic carbocycles. The fourth-order valence-electron chi connectivity index (χ4n) is 2.69. The summed E-state index contributed by atoms with van der Waals surface area (Å²) in [5.74, 6) is 0. The van der Waals surface area contributed by atoms with Crippen molar-refractivity contribution in [2.24, 2.45) is 0 Å². The Morgan fingerprint density at radius 3 is 2.45 bits per heavy atom. The molecule has 0 bridgehead atoms. The van der Waals surface area contributed by atoms with Crippen LogP contribution in [-0.4, -0.2) is 36.1 Å². The predicted molar refractivity (Wildman–Crippen MR) is 84.7 cm³/mol. The first-order valence-corrected chi connectivity index (χ1v) is 7.75. The summed E-state index contributed by atoms with van der Waals surface area (Å²) >= 11 is 3.51. The Labute approximate surface area is 128 Å². The Morgan fingerprint density at radius 2 is 1.80 bits per heavy atom. The summed E-state index contributed by atoms with van der Waals surface area (Å²) in [5, 5.41) is 3.41. The van der Waals surface area contributed by atoms with Crippen LogP contribution in [0, 0.1) is 0 Å². The fourth-order valence-corrected chi connectivity index (χ4v) is 2.96. The van der Waals surface area contributed by atoms with Crippen LogP contribution >= 0.6 is 15.9 Å². The van der Waals surface area contributed by atoms with Crippen LogP contribution in [0.25, 0.3) is 0 Å². The fraction of sp³-hybridized carbons (Fsp3) is 0.312. The predicted octanol–water partition coefficient (Wildman–Crippen LogP) is 2.84. The van der Waals surface area contributed by atoms with Gasteiger partial charge in [0.2, 0.25) is 0 Å². The molecule has 1 unspecified atom stereocenters. The zero-order valence-electron chi connectivity index (χ0n) is 11.3. The van der Waals surface area contributed by atoms with Crippen LogP contribution in [0.1, 0.15) is 17.3 Å². The lowest BCUT2D eigenvalue weighted by atomic mass is 10.0. The Morgan fingerprint density at radius 1 is 1.05 bits per heavy atom. The van der Waals surface area contributed by atoms with Crippen LogP contribution in [0.2, 0.25) is 0 Å². The van der Waals surface area contributed by atoms with Gasteiger partial charge in [0.15, 0.2) is 0 Å². The van der Waals surface area contributed by atoms with E-state index in [4.69, 9.17) is 0 Å². The highest BCUT2D eigenvalue weighted by Crippen LogP contribution is 2.28. The van der Waals surface area contributed by atoms with Gasteiger partial charge in [0.05, 0.1) is 11.7 Å². The Balaban J connectivity index is 1.96. The highest BCUT2D eigenvalue weighted by Gasteiger charge is 2.24. The molecule has 0 amide bonds. The van der Waals surface area contributed by atoms with Crippen molar-refractivity contribution >= 4 is 15.9 Å². The van der Waals surface area contributed by atoms with Gasteiger partial charge in [-0.15, -0.1) is 0 Å². The summed E-state index contributed by atoms with van der Waals surface area (Å²) in [7, 11) is 0. The van der Waals surface area contributed by atoms with Gasteiger partial charge in [-0.3, -0.25) is 9.88 Å². The Hall–Kier alpha value is -1.23. The molecule has 1 saturated heterocycles. The van der Waals surface area contributed by atoms with Gasteiger partial charge in [-0.05, 0) is 29.8 Å². The van der Waals surface area contributed by atoms with Crippen LogP contribution in [0.5, 0.6) is 0 Å². The summed E-state index contributed by atoms with van der Waals surface area (Å²) < 4.78 is 1.11. The van der Waals surface area contributed by atoms with Crippen molar-refractivity contribution in [1.29, 1.82) is 0 Å². The van der Waals surface area contributed by atoms with E-state index in [0.29, 0.717) is 0 Å². The van der Waals surface area contributed by atoms with E-state index in [9.17, 15) is 0 Å². The van der Waals surface area contributed by atoms with Crippen LogP contribution in [0.3, 0.4) is 0 Å². The maximum absolute atomic E-state index is 4.58. The number of nitrogens with one attached hydrogen (secondary N) is 1. The van der Waals surface area contributed by atoms with Crippen molar-refractivity contribution in [2.75, 3.05) is 26.2 Å². The van der Waals surface area contributed by atoms with Gasteiger partial charge in [0.25, 0.3) is 0 Å². The third-order valence-corrected chi connectivity index (χ3v) is 4.20. The molecule has 0 radical (unpaired) electrons. The molecule has 4 heteroatoms. The maximum Gasteiger partial charge on any atom is 0.0777 e. The van der Waals surface area contributed by atoms with Crippen LogP contribution in [0.15, 0.2) is 53.1 Å². The average Bonchev–Trinajstić information content (AvgIpc) is 2.52.